The average Bonchev–Trinajstić information content (AvgIpc) is 2.75. The highest BCUT2D eigenvalue weighted by molar-refractivity contribution is 7.80. The lowest BCUT2D eigenvalue weighted by atomic mass is 9.90. The van der Waals surface area contributed by atoms with Gasteiger partial charge in [0.2, 0.25) is 5.91 Å². The van der Waals surface area contributed by atoms with Gasteiger partial charge in [0.15, 0.2) is 5.11 Å². The molecule has 0 spiro atoms. The standard InChI is InChI=1S/C23H21N3O2S/c1-24-21(27)18-12-14-19(15-13-18)25-23(29)26-22(28)20(16-8-4-2-5-9-16)17-10-6-3-7-11-17/h2-15,20H,1H3,(H,24,27)(H2,25,26,28,29). The minimum Gasteiger partial charge on any atom is -0.355 e. The second-order valence-electron chi connectivity index (χ2n) is 6.35. The van der Waals surface area contributed by atoms with Crippen LogP contribution in [0.3, 0.4) is 0 Å². The van der Waals surface area contributed by atoms with E-state index in [4.69, 9.17) is 12.2 Å². The number of hydrogen-bond donors (Lipinski definition) is 3. The van der Waals surface area contributed by atoms with Crippen molar-refractivity contribution in [2.24, 2.45) is 0 Å². The number of hydrogen-bond acceptors (Lipinski definition) is 3. The molecule has 146 valence electrons. The molecule has 3 N–H and O–H groups in total. The van der Waals surface area contributed by atoms with Gasteiger partial charge >= 0.3 is 0 Å². The summed E-state index contributed by atoms with van der Waals surface area (Å²) in [6.07, 6.45) is 0. The number of carbonyl (C=O) groups excluding carboxylic acids is 2. The van der Waals surface area contributed by atoms with E-state index in [1.165, 1.54) is 0 Å². The second kappa shape index (κ2) is 9.61. The van der Waals surface area contributed by atoms with Crippen molar-refractivity contribution >= 4 is 34.8 Å². The highest BCUT2D eigenvalue weighted by Crippen LogP contribution is 2.24. The molecular weight excluding hydrogens is 382 g/mol. The van der Waals surface area contributed by atoms with Crippen molar-refractivity contribution in [1.82, 2.24) is 10.6 Å². The third-order valence-corrected chi connectivity index (χ3v) is 4.60. The molecule has 2 amide bonds. The summed E-state index contributed by atoms with van der Waals surface area (Å²) in [5.41, 5.74) is 2.99. The van der Waals surface area contributed by atoms with Crippen LogP contribution in [0.15, 0.2) is 84.9 Å². The number of benzene rings is 3. The van der Waals surface area contributed by atoms with E-state index in [-0.39, 0.29) is 16.9 Å². The van der Waals surface area contributed by atoms with E-state index in [1.54, 1.807) is 31.3 Å². The summed E-state index contributed by atoms with van der Waals surface area (Å²) in [7, 11) is 1.58. The lowest BCUT2D eigenvalue weighted by Gasteiger charge is -2.18. The van der Waals surface area contributed by atoms with E-state index in [2.05, 4.69) is 16.0 Å². The molecule has 29 heavy (non-hydrogen) atoms. The Morgan fingerprint density at radius 1 is 0.793 bits per heavy atom. The van der Waals surface area contributed by atoms with Crippen LogP contribution in [0.2, 0.25) is 0 Å². The molecule has 0 atom stereocenters. The third-order valence-electron chi connectivity index (χ3n) is 4.40. The van der Waals surface area contributed by atoms with Gasteiger partial charge in [0.1, 0.15) is 0 Å². The number of nitrogens with one attached hydrogen (secondary N) is 3. The van der Waals surface area contributed by atoms with Crippen LogP contribution in [0, 0.1) is 0 Å². The molecule has 0 aliphatic rings. The molecule has 0 aliphatic heterocycles. The molecule has 0 bridgehead atoms. The van der Waals surface area contributed by atoms with Crippen molar-refractivity contribution in [3.05, 3.63) is 102 Å². The predicted octanol–water partition coefficient (Wildman–Crippen LogP) is 3.69. The SMILES string of the molecule is CNC(=O)c1ccc(NC(=S)NC(=O)C(c2ccccc2)c2ccccc2)cc1. The Kier molecular flexibility index (Phi) is 6.71. The van der Waals surface area contributed by atoms with Crippen LogP contribution in [0.1, 0.15) is 27.4 Å². The zero-order valence-corrected chi connectivity index (χ0v) is 16.7. The lowest BCUT2D eigenvalue weighted by molar-refractivity contribution is -0.120. The van der Waals surface area contributed by atoms with Gasteiger partial charge in [-0.15, -0.1) is 0 Å². The fraction of sp³-hybridized carbons (Fsp3) is 0.0870. The summed E-state index contributed by atoms with van der Waals surface area (Å²) >= 11 is 5.32. The van der Waals surface area contributed by atoms with Gasteiger partial charge in [0.05, 0.1) is 5.92 Å². The third kappa shape index (κ3) is 5.27. The summed E-state index contributed by atoms with van der Waals surface area (Å²) in [6, 6.07) is 26.0. The number of rotatable bonds is 5. The quantitative estimate of drug-likeness (QED) is 0.568. The minimum absolute atomic E-state index is 0.166. The smallest absolute Gasteiger partial charge is 0.251 e. The highest BCUT2D eigenvalue weighted by Gasteiger charge is 2.23. The Bertz CT molecular complexity index is 950. The number of anilines is 1. The monoisotopic (exact) mass is 403 g/mol. The summed E-state index contributed by atoms with van der Waals surface area (Å²) in [4.78, 5) is 24.7. The van der Waals surface area contributed by atoms with E-state index in [0.29, 0.717) is 11.3 Å². The molecule has 3 aromatic rings. The van der Waals surface area contributed by atoms with Crippen molar-refractivity contribution in [3.8, 4) is 0 Å². The second-order valence-corrected chi connectivity index (χ2v) is 6.76. The number of carbonyl (C=O) groups is 2. The maximum atomic E-state index is 13.0. The van der Waals surface area contributed by atoms with Crippen LogP contribution >= 0.6 is 12.2 Å². The molecule has 3 aromatic carbocycles. The fourth-order valence-electron chi connectivity index (χ4n) is 2.98. The number of amides is 2. The van der Waals surface area contributed by atoms with Gasteiger partial charge in [-0.3, -0.25) is 9.59 Å². The summed E-state index contributed by atoms with van der Waals surface area (Å²) in [5.74, 6) is -0.865. The molecule has 0 radical (unpaired) electrons. The van der Waals surface area contributed by atoms with Crippen LogP contribution in [0.5, 0.6) is 0 Å². The van der Waals surface area contributed by atoms with Crippen LogP contribution in [-0.2, 0) is 4.79 Å². The molecule has 0 fully saturated rings. The first-order valence-corrected chi connectivity index (χ1v) is 9.53. The number of thiocarbonyl (C=S) groups is 1. The molecule has 0 unspecified atom stereocenters. The maximum Gasteiger partial charge on any atom is 0.251 e. The molecule has 0 aromatic heterocycles. The molecule has 6 heteroatoms. The summed E-state index contributed by atoms with van der Waals surface area (Å²) < 4.78 is 0. The predicted molar refractivity (Wildman–Crippen MR) is 119 cm³/mol. The van der Waals surface area contributed by atoms with Crippen molar-refractivity contribution in [1.29, 1.82) is 0 Å². The lowest BCUT2D eigenvalue weighted by Crippen LogP contribution is -2.37. The van der Waals surface area contributed by atoms with Gasteiger partial charge in [-0.05, 0) is 47.6 Å². The topological polar surface area (TPSA) is 70.2 Å². The largest absolute Gasteiger partial charge is 0.355 e. The van der Waals surface area contributed by atoms with Crippen LogP contribution in [0.25, 0.3) is 0 Å². The van der Waals surface area contributed by atoms with Gasteiger partial charge in [0, 0.05) is 18.3 Å². The molecule has 0 saturated heterocycles. The maximum absolute atomic E-state index is 13.0. The minimum atomic E-state index is -0.479. The first-order valence-electron chi connectivity index (χ1n) is 9.12. The van der Waals surface area contributed by atoms with Crippen LogP contribution < -0.4 is 16.0 Å². The van der Waals surface area contributed by atoms with Crippen molar-refractivity contribution in [2.75, 3.05) is 12.4 Å². The molecule has 0 aliphatic carbocycles. The zero-order chi connectivity index (χ0) is 20.6. The van der Waals surface area contributed by atoms with E-state index >= 15 is 0 Å². The van der Waals surface area contributed by atoms with Gasteiger partial charge < -0.3 is 16.0 Å². The molecule has 0 heterocycles. The van der Waals surface area contributed by atoms with E-state index in [0.717, 1.165) is 11.1 Å². The molecule has 0 saturated carbocycles. The molecule has 5 nitrogen and oxygen atoms in total. The van der Waals surface area contributed by atoms with Crippen molar-refractivity contribution in [3.63, 3.8) is 0 Å². The van der Waals surface area contributed by atoms with E-state index < -0.39 is 5.92 Å². The van der Waals surface area contributed by atoms with Crippen LogP contribution in [0.4, 0.5) is 5.69 Å². The van der Waals surface area contributed by atoms with Gasteiger partial charge in [-0.1, -0.05) is 60.7 Å². The molecule has 3 rings (SSSR count). The zero-order valence-electron chi connectivity index (χ0n) is 15.9. The van der Waals surface area contributed by atoms with Gasteiger partial charge in [-0.25, -0.2) is 0 Å². The Hall–Kier alpha value is -3.51. The average molecular weight is 404 g/mol. The first kappa shape index (κ1) is 20.2. The Balaban J connectivity index is 1.72. The molecular formula is C23H21N3O2S. The van der Waals surface area contributed by atoms with Gasteiger partial charge in [-0.2, -0.15) is 0 Å². The van der Waals surface area contributed by atoms with E-state index in [9.17, 15) is 9.59 Å². The first-order chi connectivity index (χ1) is 14.1. The van der Waals surface area contributed by atoms with E-state index in [1.807, 2.05) is 60.7 Å². The fourth-order valence-corrected chi connectivity index (χ4v) is 3.20. The summed E-state index contributed by atoms with van der Waals surface area (Å²) in [6.45, 7) is 0. The Morgan fingerprint density at radius 2 is 1.31 bits per heavy atom. The van der Waals surface area contributed by atoms with Crippen molar-refractivity contribution in [2.45, 2.75) is 5.92 Å². The van der Waals surface area contributed by atoms with Gasteiger partial charge in [0.25, 0.3) is 5.91 Å². The normalized spacial score (nSPS) is 10.3. The highest BCUT2D eigenvalue weighted by atomic mass is 32.1. The van der Waals surface area contributed by atoms with Crippen molar-refractivity contribution < 1.29 is 9.59 Å². The summed E-state index contributed by atoms with van der Waals surface area (Å²) in [5, 5.41) is 8.52. The van der Waals surface area contributed by atoms with Crippen LogP contribution in [-0.4, -0.2) is 24.0 Å². The Labute approximate surface area is 175 Å². The Morgan fingerprint density at radius 3 is 1.79 bits per heavy atom.